The number of carbonyl (C=O) groups excluding carboxylic acids is 1. The quantitative estimate of drug-likeness (QED) is 0.0572. The van der Waals surface area contributed by atoms with Crippen LogP contribution in [0, 0.1) is 12.3 Å². The number of nitrogens with one attached hydrogen (secondary N) is 1. The molecule has 0 saturated carbocycles. The lowest BCUT2D eigenvalue weighted by Crippen LogP contribution is -2.16. The van der Waals surface area contributed by atoms with Gasteiger partial charge in [-0.3, -0.25) is 0 Å². The molecular weight excluding hydrogens is 787 g/mol. The van der Waals surface area contributed by atoms with Crippen LogP contribution in [0.3, 0.4) is 0 Å². The minimum absolute atomic E-state index is 0.00613. The van der Waals surface area contributed by atoms with Crippen molar-refractivity contribution in [3.05, 3.63) is 59.7 Å². The van der Waals surface area contributed by atoms with Gasteiger partial charge in [-0.25, -0.2) is 4.79 Å². The van der Waals surface area contributed by atoms with E-state index in [0.717, 1.165) is 12.1 Å². The maximum atomic E-state index is 13.1. The first-order valence-electron chi connectivity index (χ1n) is 19.5. The van der Waals surface area contributed by atoms with Crippen molar-refractivity contribution in [2.45, 2.75) is 6.18 Å². The van der Waals surface area contributed by atoms with Crippen molar-refractivity contribution in [2.24, 2.45) is 0 Å². The van der Waals surface area contributed by atoms with Crippen LogP contribution in [-0.2, 0) is 67.8 Å². The van der Waals surface area contributed by atoms with Crippen LogP contribution >= 0.6 is 0 Å². The molecule has 15 nitrogen and oxygen atoms in total. The third-order valence-corrected chi connectivity index (χ3v) is 7.35. The molecule has 2 rings (SSSR count). The largest absolute Gasteiger partial charge is 0.460 e. The van der Waals surface area contributed by atoms with Gasteiger partial charge in [0.15, 0.2) is 0 Å². The van der Waals surface area contributed by atoms with Crippen LogP contribution < -0.4 is 5.32 Å². The van der Waals surface area contributed by atoms with Crippen LogP contribution in [0.1, 0.15) is 15.9 Å². The van der Waals surface area contributed by atoms with E-state index in [1.165, 1.54) is 18.2 Å². The molecule has 0 fully saturated rings. The Bertz CT molecular complexity index is 1350. The van der Waals surface area contributed by atoms with Gasteiger partial charge in [0.05, 0.1) is 169 Å². The molecule has 0 amide bonds. The standard InChI is InChI=1S/C41H60F3NO14/c1-2-10-47-11-12-48-13-14-49-15-16-50-17-18-51-19-20-52-21-22-53-23-24-54-25-26-55-27-28-56-29-30-57-31-32-58-33-34-59-40(46)38-8-3-4-9-39(38)45-37-7-5-6-36(35-37)41(42,43)44/h1,3-9,35,45H,10-34H2. The molecule has 0 aromatic heterocycles. The SMILES string of the molecule is C#CCOCCOCCOCCOCCOCCOCCOCCOCCOCCOCCOCCOCCOC(=O)c1ccccc1Nc1cccc(C(F)(F)F)c1. The summed E-state index contributed by atoms with van der Waals surface area (Å²) < 4.78 is 109. The van der Waals surface area contributed by atoms with Crippen LogP contribution in [0.25, 0.3) is 0 Å². The summed E-state index contributed by atoms with van der Waals surface area (Å²) in [5.41, 5.74) is -0.102. The molecule has 0 spiro atoms. The number of alkyl halides is 3. The molecule has 0 heterocycles. The van der Waals surface area contributed by atoms with Crippen LogP contribution in [0.15, 0.2) is 48.5 Å². The maximum absolute atomic E-state index is 13.1. The van der Waals surface area contributed by atoms with E-state index in [-0.39, 0.29) is 24.5 Å². The Balaban J connectivity index is 1.25. The van der Waals surface area contributed by atoms with E-state index in [2.05, 4.69) is 11.2 Å². The molecule has 59 heavy (non-hydrogen) atoms. The molecule has 0 aliphatic heterocycles. The van der Waals surface area contributed by atoms with Crippen molar-refractivity contribution < 1.29 is 79.5 Å². The average Bonchev–Trinajstić information content (AvgIpc) is 3.23. The van der Waals surface area contributed by atoms with Crippen molar-refractivity contribution in [3.63, 3.8) is 0 Å². The van der Waals surface area contributed by atoms with E-state index in [1.807, 2.05) is 0 Å². The van der Waals surface area contributed by atoms with Gasteiger partial charge in [-0.1, -0.05) is 24.1 Å². The van der Waals surface area contributed by atoms with Crippen molar-refractivity contribution in [2.75, 3.05) is 170 Å². The first-order chi connectivity index (χ1) is 28.9. The third-order valence-electron chi connectivity index (χ3n) is 7.35. The molecule has 1 N–H and O–H groups in total. The lowest BCUT2D eigenvalue weighted by atomic mass is 10.1. The highest BCUT2D eigenvalue weighted by Crippen LogP contribution is 2.32. The summed E-state index contributed by atoms with van der Waals surface area (Å²) in [6.45, 7) is 10.3. The predicted octanol–water partition coefficient (Wildman–Crippen LogP) is 4.44. The number of hydrogen-bond acceptors (Lipinski definition) is 15. The number of carbonyl (C=O) groups is 1. The second-order valence-corrected chi connectivity index (χ2v) is 11.9. The summed E-state index contributed by atoms with van der Waals surface area (Å²) in [5.74, 6) is 1.76. The zero-order valence-electron chi connectivity index (χ0n) is 33.7. The number of terminal acetylenes is 1. The molecule has 2 aromatic carbocycles. The third kappa shape index (κ3) is 29.5. The molecule has 0 radical (unpaired) electrons. The van der Waals surface area contributed by atoms with Gasteiger partial charge < -0.3 is 66.9 Å². The van der Waals surface area contributed by atoms with Gasteiger partial charge in [0.2, 0.25) is 0 Å². The normalized spacial score (nSPS) is 11.5. The van der Waals surface area contributed by atoms with Crippen molar-refractivity contribution >= 4 is 17.3 Å². The Labute approximate surface area is 345 Å². The second kappa shape index (κ2) is 36.4. The number of hydrogen-bond donors (Lipinski definition) is 1. The van der Waals surface area contributed by atoms with E-state index < -0.39 is 17.7 Å². The summed E-state index contributed by atoms with van der Waals surface area (Å²) in [6, 6.07) is 11.1. The number of esters is 1. The topological polar surface area (TPSA) is 149 Å². The van der Waals surface area contributed by atoms with Gasteiger partial charge in [0.25, 0.3) is 0 Å². The zero-order chi connectivity index (χ0) is 42.3. The molecule has 334 valence electrons. The van der Waals surface area contributed by atoms with Gasteiger partial charge in [-0.05, 0) is 30.3 Å². The number of para-hydroxylation sites is 1. The number of ether oxygens (including phenoxy) is 13. The molecule has 0 bridgehead atoms. The molecule has 0 aliphatic carbocycles. The fourth-order valence-corrected chi connectivity index (χ4v) is 4.52. The molecule has 18 heteroatoms. The molecule has 0 aliphatic rings. The number of anilines is 2. The molecule has 0 unspecified atom stereocenters. The van der Waals surface area contributed by atoms with Gasteiger partial charge in [0, 0.05) is 5.69 Å². The predicted molar refractivity (Wildman–Crippen MR) is 210 cm³/mol. The Hall–Kier alpha value is -3.42. The van der Waals surface area contributed by atoms with Crippen LogP contribution in [0.4, 0.5) is 24.5 Å². The average molecular weight is 848 g/mol. The van der Waals surface area contributed by atoms with Crippen LogP contribution in [-0.4, -0.2) is 171 Å². The number of halogens is 3. The maximum Gasteiger partial charge on any atom is 0.416 e. The molecule has 0 saturated heterocycles. The lowest BCUT2D eigenvalue weighted by molar-refractivity contribution is -0.137. The van der Waals surface area contributed by atoms with E-state index in [0.29, 0.717) is 158 Å². The Morgan fingerprint density at radius 3 is 1.22 bits per heavy atom. The van der Waals surface area contributed by atoms with E-state index >= 15 is 0 Å². The smallest absolute Gasteiger partial charge is 0.416 e. The lowest BCUT2D eigenvalue weighted by Gasteiger charge is -2.13. The van der Waals surface area contributed by atoms with Crippen LogP contribution in [0.2, 0.25) is 0 Å². The van der Waals surface area contributed by atoms with E-state index in [4.69, 9.17) is 68.0 Å². The van der Waals surface area contributed by atoms with Crippen LogP contribution in [0.5, 0.6) is 0 Å². The second-order valence-electron chi connectivity index (χ2n) is 11.9. The number of benzene rings is 2. The van der Waals surface area contributed by atoms with E-state index in [9.17, 15) is 18.0 Å². The number of rotatable bonds is 40. The summed E-state index contributed by atoms with van der Waals surface area (Å²) in [5, 5.41) is 2.86. The van der Waals surface area contributed by atoms with Gasteiger partial charge in [-0.15, -0.1) is 6.42 Å². The van der Waals surface area contributed by atoms with Gasteiger partial charge in [-0.2, -0.15) is 13.2 Å². The summed E-state index contributed by atoms with van der Waals surface area (Å²) in [6.07, 6.45) is 0.601. The highest BCUT2D eigenvalue weighted by Gasteiger charge is 2.30. The minimum Gasteiger partial charge on any atom is -0.460 e. The summed E-state index contributed by atoms with van der Waals surface area (Å²) >= 11 is 0. The monoisotopic (exact) mass is 847 g/mol. The molecule has 0 atom stereocenters. The summed E-state index contributed by atoms with van der Waals surface area (Å²) in [4.78, 5) is 12.6. The van der Waals surface area contributed by atoms with Crippen molar-refractivity contribution in [1.29, 1.82) is 0 Å². The Morgan fingerprint density at radius 2 is 0.847 bits per heavy atom. The molecular formula is C41H60F3NO14. The molecule has 2 aromatic rings. The highest BCUT2D eigenvalue weighted by molar-refractivity contribution is 5.96. The zero-order valence-corrected chi connectivity index (χ0v) is 33.7. The minimum atomic E-state index is -4.48. The Kier molecular flexibility index (Phi) is 31.9. The van der Waals surface area contributed by atoms with Crippen molar-refractivity contribution in [1.82, 2.24) is 0 Å². The highest BCUT2D eigenvalue weighted by atomic mass is 19.4. The van der Waals surface area contributed by atoms with Crippen molar-refractivity contribution in [3.8, 4) is 12.3 Å². The van der Waals surface area contributed by atoms with E-state index in [1.54, 1.807) is 18.2 Å². The first-order valence-corrected chi connectivity index (χ1v) is 19.5. The fraction of sp³-hybridized carbons (Fsp3) is 0.634. The van der Waals surface area contributed by atoms with Gasteiger partial charge in [0.1, 0.15) is 13.2 Å². The fourth-order valence-electron chi connectivity index (χ4n) is 4.52. The Morgan fingerprint density at radius 1 is 0.492 bits per heavy atom. The first kappa shape index (κ1) is 51.7. The van der Waals surface area contributed by atoms with Gasteiger partial charge >= 0.3 is 12.1 Å². The summed E-state index contributed by atoms with van der Waals surface area (Å²) in [7, 11) is 0.